The van der Waals surface area contributed by atoms with E-state index in [1.165, 1.54) is 0 Å². The highest BCUT2D eigenvalue weighted by Crippen LogP contribution is 2.30. The van der Waals surface area contributed by atoms with Gasteiger partial charge in [-0.15, -0.1) is 0 Å². The van der Waals surface area contributed by atoms with Gasteiger partial charge in [0.1, 0.15) is 22.9 Å². The minimum absolute atomic E-state index is 0.194. The number of aromatic amines is 1. The van der Waals surface area contributed by atoms with Crippen LogP contribution in [0.5, 0.6) is 5.75 Å². The van der Waals surface area contributed by atoms with Gasteiger partial charge in [0.25, 0.3) is 0 Å². The smallest absolute Gasteiger partial charge is 0.158 e. The van der Waals surface area contributed by atoms with Crippen molar-refractivity contribution >= 4 is 11.2 Å². The molecule has 1 N–H and O–H groups in total. The SMILES string of the molecule is CCc1ccc(-c2ccnc3[nH]c(-c4ccc(OC)cc4)nc23)cc1F. The zero-order valence-electron chi connectivity index (χ0n) is 14.6. The Morgan fingerprint density at radius 2 is 1.81 bits per heavy atom. The van der Waals surface area contributed by atoms with Crippen molar-refractivity contribution in [3.63, 3.8) is 0 Å². The van der Waals surface area contributed by atoms with Gasteiger partial charge in [-0.3, -0.25) is 0 Å². The number of ether oxygens (including phenoxy) is 1. The van der Waals surface area contributed by atoms with Crippen molar-refractivity contribution in [2.75, 3.05) is 7.11 Å². The number of aromatic nitrogens is 3. The van der Waals surface area contributed by atoms with Crippen LogP contribution in [0.1, 0.15) is 12.5 Å². The summed E-state index contributed by atoms with van der Waals surface area (Å²) in [7, 11) is 1.63. The summed E-state index contributed by atoms with van der Waals surface area (Å²) in [5.41, 5.74) is 4.69. The van der Waals surface area contributed by atoms with Crippen molar-refractivity contribution in [2.45, 2.75) is 13.3 Å². The van der Waals surface area contributed by atoms with E-state index in [-0.39, 0.29) is 5.82 Å². The van der Waals surface area contributed by atoms with Crippen molar-refractivity contribution in [3.8, 4) is 28.3 Å². The summed E-state index contributed by atoms with van der Waals surface area (Å²) in [6, 6.07) is 14.8. The van der Waals surface area contributed by atoms with Crippen LogP contribution < -0.4 is 4.74 Å². The van der Waals surface area contributed by atoms with Crippen molar-refractivity contribution < 1.29 is 9.13 Å². The summed E-state index contributed by atoms with van der Waals surface area (Å²) in [5.74, 6) is 1.31. The highest BCUT2D eigenvalue weighted by atomic mass is 19.1. The molecule has 0 aliphatic rings. The lowest BCUT2D eigenvalue weighted by Crippen LogP contribution is -1.90. The number of pyridine rings is 1. The first-order chi connectivity index (χ1) is 12.7. The Bertz CT molecular complexity index is 1070. The number of halogens is 1. The van der Waals surface area contributed by atoms with Gasteiger partial charge >= 0.3 is 0 Å². The Hall–Kier alpha value is -3.21. The number of nitrogens with one attached hydrogen (secondary N) is 1. The number of hydrogen-bond acceptors (Lipinski definition) is 3. The van der Waals surface area contributed by atoms with E-state index in [1.807, 2.05) is 49.4 Å². The van der Waals surface area contributed by atoms with Crippen LogP contribution in [-0.4, -0.2) is 22.1 Å². The maximum atomic E-state index is 14.2. The Labute approximate surface area is 150 Å². The molecule has 4 rings (SSSR count). The molecule has 2 heterocycles. The number of imidazole rings is 1. The van der Waals surface area contributed by atoms with E-state index in [0.717, 1.165) is 28.0 Å². The molecule has 0 amide bonds. The fraction of sp³-hybridized carbons (Fsp3) is 0.143. The molecule has 0 atom stereocenters. The van der Waals surface area contributed by atoms with Crippen LogP contribution in [-0.2, 0) is 6.42 Å². The van der Waals surface area contributed by atoms with Crippen LogP contribution in [0, 0.1) is 5.82 Å². The van der Waals surface area contributed by atoms with Crippen molar-refractivity contribution in [3.05, 3.63) is 66.1 Å². The molecule has 0 saturated carbocycles. The van der Waals surface area contributed by atoms with E-state index in [4.69, 9.17) is 9.72 Å². The number of hydrogen-bond donors (Lipinski definition) is 1. The maximum Gasteiger partial charge on any atom is 0.158 e. The zero-order valence-corrected chi connectivity index (χ0v) is 14.6. The second-order valence-corrected chi connectivity index (χ2v) is 6.03. The van der Waals surface area contributed by atoms with E-state index in [2.05, 4.69) is 9.97 Å². The normalized spacial score (nSPS) is 11.0. The van der Waals surface area contributed by atoms with Crippen LogP contribution in [0.3, 0.4) is 0 Å². The predicted octanol–water partition coefficient (Wildman–Crippen LogP) is 5.00. The van der Waals surface area contributed by atoms with Crippen LogP contribution in [0.15, 0.2) is 54.7 Å². The molecule has 4 nitrogen and oxygen atoms in total. The summed E-state index contributed by atoms with van der Waals surface area (Å²) >= 11 is 0. The largest absolute Gasteiger partial charge is 0.497 e. The molecule has 2 aromatic carbocycles. The number of H-pyrrole nitrogens is 1. The molecule has 130 valence electrons. The molecule has 0 saturated heterocycles. The number of aryl methyl sites for hydroxylation is 1. The first kappa shape index (κ1) is 16.3. The van der Waals surface area contributed by atoms with Gasteiger partial charge in [0.2, 0.25) is 0 Å². The third-order valence-electron chi connectivity index (χ3n) is 4.49. The Morgan fingerprint density at radius 3 is 2.50 bits per heavy atom. The maximum absolute atomic E-state index is 14.2. The summed E-state index contributed by atoms with van der Waals surface area (Å²) in [6.45, 7) is 1.94. The minimum atomic E-state index is -0.194. The van der Waals surface area contributed by atoms with Crippen molar-refractivity contribution in [2.24, 2.45) is 0 Å². The minimum Gasteiger partial charge on any atom is -0.497 e. The summed E-state index contributed by atoms with van der Waals surface area (Å²) < 4.78 is 19.4. The van der Waals surface area contributed by atoms with Gasteiger partial charge < -0.3 is 9.72 Å². The number of benzene rings is 2. The van der Waals surface area contributed by atoms with Crippen LogP contribution >= 0.6 is 0 Å². The quantitative estimate of drug-likeness (QED) is 0.565. The van der Waals surface area contributed by atoms with Crippen molar-refractivity contribution in [1.82, 2.24) is 15.0 Å². The zero-order chi connectivity index (χ0) is 18.1. The van der Waals surface area contributed by atoms with E-state index in [0.29, 0.717) is 23.5 Å². The standard InChI is InChI=1S/C21H18FN3O/c1-3-13-4-5-15(12-18(13)22)17-10-11-23-21-19(17)24-20(25-21)14-6-8-16(26-2)9-7-14/h4-12H,3H2,1-2H3,(H,23,24,25). The molecule has 26 heavy (non-hydrogen) atoms. The summed E-state index contributed by atoms with van der Waals surface area (Å²) in [5, 5.41) is 0. The molecule has 0 spiro atoms. The van der Waals surface area contributed by atoms with Crippen LogP contribution in [0.4, 0.5) is 4.39 Å². The average molecular weight is 347 g/mol. The molecule has 0 aliphatic heterocycles. The third kappa shape index (κ3) is 2.81. The summed E-state index contributed by atoms with van der Waals surface area (Å²) in [4.78, 5) is 12.3. The van der Waals surface area contributed by atoms with Gasteiger partial charge in [-0.25, -0.2) is 14.4 Å². The van der Waals surface area contributed by atoms with Gasteiger partial charge in [0, 0.05) is 17.3 Å². The van der Waals surface area contributed by atoms with Gasteiger partial charge in [-0.1, -0.05) is 19.1 Å². The molecule has 5 heteroatoms. The molecular weight excluding hydrogens is 329 g/mol. The van der Waals surface area contributed by atoms with Gasteiger partial charge in [0.05, 0.1) is 7.11 Å². The second-order valence-electron chi connectivity index (χ2n) is 6.03. The lowest BCUT2D eigenvalue weighted by molar-refractivity contribution is 0.415. The van der Waals surface area contributed by atoms with Gasteiger partial charge in [-0.2, -0.15) is 0 Å². The van der Waals surface area contributed by atoms with E-state index >= 15 is 0 Å². The number of nitrogens with zero attached hydrogens (tertiary/aromatic N) is 2. The highest BCUT2D eigenvalue weighted by molar-refractivity contribution is 5.91. The van der Waals surface area contributed by atoms with Gasteiger partial charge in [0.15, 0.2) is 5.65 Å². The topological polar surface area (TPSA) is 50.8 Å². The predicted molar refractivity (Wildman–Crippen MR) is 101 cm³/mol. The molecule has 0 bridgehead atoms. The van der Waals surface area contributed by atoms with Crippen molar-refractivity contribution in [1.29, 1.82) is 0 Å². The molecule has 4 aromatic rings. The Morgan fingerprint density at radius 1 is 1.04 bits per heavy atom. The number of rotatable bonds is 4. The summed E-state index contributed by atoms with van der Waals surface area (Å²) in [6.07, 6.45) is 2.38. The highest BCUT2D eigenvalue weighted by Gasteiger charge is 2.13. The lowest BCUT2D eigenvalue weighted by atomic mass is 10.0. The molecule has 0 radical (unpaired) electrons. The van der Waals surface area contributed by atoms with Crippen LogP contribution in [0.2, 0.25) is 0 Å². The van der Waals surface area contributed by atoms with E-state index in [1.54, 1.807) is 19.4 Å². The first-order valence-electron chi connectivity index (χ1n) is 8.47. The van der Waals surface area contributed by atoms with Crippen LogP contribution in [0.25, 0.3) is 33.7 Å². The van der Waals surface area contributed by atoms with E-state index in [9.17, 15) is 4.39 Å². The second kappa shape index (κ2) is 6.59. The number of fused-ring (bicyclic) bond motifs is 1. The molecule has 2 aromatic heterocycles. The number of methoxy groups -OCH3 is 1. The third-order valence-corrected chi connectivity index (χ3v) is 4.49. The molecule has 0 unspecified atom stereocenters. The van der Waals surface area contributed by atoms with Gasteiger partial charge in [-0.05, 0) is 53.9 Å². The molecule has 0 fully saturated rings. The first-order valence-corrected chi connectivity index (χ1v) is 8.47. The van der Waals surface area contributed by atoms with E-state index < -0.39 is 0 Å². The fourth-order valence-electron chi connectivity index (χ4n) is 3.03. The average Bonchev–Trinajstić information content (AvgIpc) is 3.12. The Balaban J connectivity index is 1.81. The monoisotopic (exact) mass is 347 g/mol. The lowest BCUT2D eigenvalue weighted by Gasteiger charge is -2.05. The fourth-order valence-corrected chi connectivity index (χ4v) is 3.03. The Kier molecular flexibility index (Phi) is 4.13. The molecule has 0 aliphatic carbocycles. The molecular formula is C21H18FN3O.